The number of benzene rings is 1. The maximum atomic E-state index is 13.5. The van der Waals surface area contributed by atoms with Crippen LogP contribution >= 0.6 is 0 Å². The van der Waals surface area contributed by atoms with Gasteiger partial charge in [-0.25, -0.2) is 9.37 Å². The quantitative estimate of drug-likeness (QED) is 0.868. The predicted octanol–water partition coefficient (Wildman–Crippen LogP) is 2.92. The van der Waals surface area contributed by atoms with Gasteiger partial charge in [0.2, 0.25) is 5.91 Å². The molecule has 2 fully saturated rings. The van der Waals surface area contributed by atoms with Gasteiger partial charge in [0.25, 0.3) is 5.91 Å². The fourth-order valence-corrected chi connectivity index (χ4v) is 4.85. The first kappa shape index (κ1) is 18.3. The molecule has 1 N–H and O–H groups in total. The number of nitrogens with one attached hydrogen (secondary N) is 1. The van der Waals surface area contributed by atoms with Crippen LogP contribution in [0.2, 0.25) is 0 Å². The van der Waals surface area contributed by atoms with Crippen LogP contribution in [-0.2, 0) is 11.3 Å². The molecule has 7 heteroatoms. The number of amides is 2. The number of halogens is 1. The Morgan fingerprint density at radius 1 is 1.14 bits per heavy atom. The van der Waals surface area contributed by atoms with Crippen molar-refractivity contribution in [1.29, 1.82) is 0 Å². The first-order valence-corrected chi connectivity index (χ1v) is 10.4. The molecule has 2 aromatic rings. The lowest BCUT2D eigenvalue weighted by atomic mass is 9.68. The van der Waals surface area contributed by atoms with E-state index in [-0.39, 0.29) is 29.2 Å². The number of hydrogen-bond donors (Lipinski definition) is 1. The molecule has 1 atom stereocenters. The number of carbonyl (C=O) groups excluding carboxylic acids is 2. The van der Waals surface area contributed by atoms with Crippen molar-refractivity contribution in [2.24, 2.45) is 11.3 Å². The molecule has 3 aliphatic rings. The molecule has 5 rings (SSSR count). The lowest BCUT2D eigenvalue weighted by molar-refractivity contribution is -0.125. The lowest BCUT2D eigenvalue weighted by Crippen LogP contribution is -2.52. The molecule has 1 aromatic carbocycles. The van der Waals surface area contributed by atoms with Crippen molar-refractivity contribution in [2.45, 2.75) is 44.7 Å². The average molecular weight is 396 g/mol. The minimum absolute atomic E-state index is 0.0926. The van der Waals surface area contributed by atoms with Crippen LogP contribution in [0.1, 0.15) is 54.3 Å². The number of hydrogen-bond acceptors (Lipinski definition) is 3. The molecular formula is C22H25FN4O2. The van der Waals surface area contributed by atoms with Gasteiger partial charge >= 0.3 is 0 Å². The van der Waals surface area contributed by atoms with Gasteiger partial charge in [0, 0.05) is 48.9 Å². The summed E-state index contributed by atoms with van der Waals surface area (Å²) in [7, 11) is 0. The standard InChI is InChI=1S/C22H25FN4O2/c23-17-3-1-2-16(14-17)21(29)27-11-7-22(8-12-27)6-10-26-13-9-24-19(26)18(22)25-20(28)15-4-5-15/h1-3,9,13-15,18H,4-8,10-12H2,(H,25,28). The SMILES string of the molecule is O=C(NC1c2nccn2CCC12CCN(C(=O)c1cccc(F)c1)CC2)C1CC1. The number of rotatable bonds is 3. The van der Waals surface area contributed by atoms with Gasteiger partial charge in [0.05, 0.1) is 6.04 Å². The second-order valence-electron chi connectivity index (χ2n) is 8.61. The van der Waals surface area contributed by atoms with Gasteiger partial charge in [-0.2, -0.15) is 0 Å². The summed E-state index contributed by atoms with van der Waals surface area (Å²) < 4.78 is 15.6. The summed E-state index contributed by atoms with van der Waals surface area (Å²) in [5.74, 6) is 0.674. The van der Waals surface area contributed by atoms with Gasteiger partial charge in [-0.1, -0.05) is 6.07 Å². The van der Waals surface area contributed by atoms with E-state index in [0.717, 1.165) is 44.5 Å². The summed E-state index contributed by atoms with van der Waals surface area (Å²) >= 11 is 0. The number of carbonyl (C=O) groups is 2. The molecular weight excluding hydrogens is 371 g/mol. The molecule has 6 nitrogen and oxygen atoms in total. The summed E-state index contributed by atoms with van der Waals surface area (Å²) in [6.07, 6.45) is 8.27. The maximum Gasteiger partial charge on any atom is 0.253 e. The van der Waals surface area contributed by atoms with E-state index in [1.54, 1.807) is 23.2 Å². The first-order valence-electron chi connectivity index (χ1n) is 10.4. The van der Waals surface area contributed by atoms with E-state index >= 15 is 0 Å². The average Bonchev–Trinajstić information content (AvgIpc) is 3.48. The Hall–Kier alpha value is -2.70. The molecule has 1 aliphatic carbocycles. The third-order valence-electron chi connectivity index (χ3n) is 6.82. The van der Waals surface area contributed by atoms with E-state index in [2.05, 4.69) is 14.9 Å². The number of aromatic nitrogens is 2. The normalized spacial score (nSPS) is 22.9. The van der Waals surface area contributed by atoms with Crippen molar-refractivity contribution in [1.82, 2.24) is 19.8 Å². The minimum atomic E-state index is -0.397. The third-order valence-corrected chi connectivity index (χ3v) is 6.82. The summed E-state index contributed by atoms with van der Waals surface area (Å²) in [5.41, 5.74) is 0.295. The summed E-state index contributed by atoms with van der Waals surface area (Å²) in [6.45, 7) is 2.08. The smallest absolute Gasteiger partial charge is 0.253 e. The molecule has 1 saturated heterocycles. The number of piperidine rings is 1. The Kier molecular flexibility index (Phi) is 4.41. The topological polar surface area (TPSA) is 67.2 Å². The maximum absolute atomic E-state index is 13.5. The van der Waals surface area contributed by atoms with Gasteiger partial charge in [-0.05, 0) is 50.3 Å². The molecule has 1 saturated carbocycles. The highest BCUT2D eigenvalue weighted by atomic mass is 19.1. The highest BCUT2D eigenvalue weighted by molar-refractivity contribution is 5.94. The molecule has 1 aromatic heterocycles. The molecule has 2 amide bonds. The van der Waals surface area contributed by atoms with Crippen molar-refractivity contribution in [3.8, 4) is 0 Å². The van der Waals surface area contributed by atoms with E-state index in [1.807, 2.05) is 6.20 Å². The van der Waals surface area contributed by atoms with Crippen molar-refractivity contribution < 1.29 is 14.0 Å². The molecule has 1 spiro atoms. The molecule has 2 aliphatic heterocycles. The number of aryl methyl sites for hydroxylation is 1. The fourth-order valence-electron chi connectivity index (χ4n) is 4.85. The molecule has 0 bridgehead atoms. The molecule has 1 unspecified atom stereocenters. The van der Waals surface area contributed by atoms with Crippen LogP contribution in [0, 0.1) is 17.2 Å². The van der Waals surface area contributed by atoms with Gasteiger partial charge in [-0.15, -0.1) is 0 Å². The van der Waals surface area contributed by atoms with E-state index in [1.165, 1.54) is 12.1 Å². The Morgan fingerprint density at radius 2 is 1.90 bits per heavy atom. The Balaban J connectivity index is 1.35. The highest BCUT2D eigenvalue weighted by Gasteiger charge is 2.48. The van der Waals surface area contributed by atoms with Crippen LogP contribution in [0.4, 0.5) is 4.39 Å². The number of imidazole rings is 1. The van der Waals surface area contributed by atoms with Crippen LogP contribution in [0.15, 0.2) is 36.7 Å². The monoisotopic (exact) mass is 396 g/mol. The summed E-state index contributed by atoms with van der Waals surface area (Å²) in [5, 5.41) is 3.29. The molecule has 3 heterocycles. The van der Waals surface area contributed by atoms with Crippen LogP contribution in [-0.4, -0.2) is 39.4 Å². The van der Waals surface area contributed by atoms with Crippen molar-refractivity contribution in [3.63, 3.8) is 0 Å². The van der Waals surface area contributed by atoms with Crippen molar-refractivity contribution in [2.75, 3.05) is 13.1 Å². The molecule has 152 valence electrons. The lowest BCUT2D eigenvalue weighted by Gasteiger charge is -2.49. The van der Waals surface area contributed by atoms with E-state index in [4.69, 9.17) is 0 Å². The fraction of sp³-hybridized carbons (Fsp3) is 0.500. The van der Waals surface area contributed by atoms with Gasteiger partial charge < -0.3 is 14.8 Å². The zero-order chi connectivity index (χ0) is 20.0. The molecule has 29 heavy (non-hydrogen) atoms. The van der Waals surface area contributed by atoms with Gasteiger partial charge in [-0.3, -0.25) is 9.59 Å². The number of likely N-dealkylation sites (tertiary alicyclic amines) is 1. The third kappa shape index (κ3) is 3.32. The minimum Gasteiger partial charge on any atom is -0.345 e. The first-order chi connectivity index (χ1) is 14.1. The van der Waals surface area contributed by atoms with Gasteiger partial charge in [0.1, 0.15) is 11.6 Å². The summed E-state index contributed by atoms with van der Waals surface area (Å²) in [4.78, 5) is 31.7. The Labute approximate surface area is 169 Å². The highest BCUT2D eigenvalue weighted by Crippen LogP contribution is 2.49. The van der Waals surface area contributed by atoms with Crippen molar-refractivity contribution >= 4 is 11.8 Å². The van der Waals surface area contributed by atoms with Crippen LogP contribution < -0.4 is 5.32 Å². The van der Waals surface area contributed by atoms with E-state index in [0.29, 0.717) is 18.7 Å². The second kappa shape index (κ2) is 6.97. The predicted molar refractivity (Wildman–Crippen MR) is 104 cm³/mol. The summed E-state index contributed by atoms with van der Waals surface area (Å²) in [6, 6.07) is 5.75. The zero-order valence-corrected chi connectivity index (χ0v) is 16.3. The Bertz CT molecular complexity index is 944. The van der Waals surface area contributed by atoms with E-state index in [9.17, 15) is 14.0 Å². The van der Waals surface area contributed by atoms with Crippen molar-refractivity contribution in [3.05, 3.63) is 53.9 Å². The Morgan fingerprint density at radius 3 is 2.62 bits per heavy atom. The van der Waals surface area contributed by atoms with Gasteiger partial charge in [0.15, 0.2) is 0 Å². The van der Waals surface area contributed by atoms with Crippen LogP contribution in [0.3, 0.4) is 0 Å². The number of nitrogens with zero attached hydrogens (tertiary/aromatic N) is 3. The number of fused-ring (bicyclic) bond motifs is 1. The largest absolute Gasteiger partial charge is 0.345 e. The van der Waals surface area contributed by atoms with Crippen LogP contribution in [0.5, 0.6) is 0 Å². The second-order valence-corrected chi connectivity index (χ2v) is 8.61. The van der Waals surface area contributed by atoms with E-state index < -0.39 is 5.82 Å². The zero-order valence-electron chi connectivity index (χ0n) is 16.3. The van der Waals surface area contributed by atoms with Crippen LogP contribution in [0.25, 0.3) is 0 Å². The molecule has 0 radical (unpaired) electrons.